The van der Waals surface area contributed by atoms with Crippen LogP contribution in [0.3, 0.4) is 0 Å². The summed E-state index contributed by atoms with van der Waals surface area (Å²) in [4.78, 5) is 2.31. The van der Waals surface area contributed by atoms with Gasteiger partial charge in [-0.15, -0.1) is 5.73 Å². The van der Waals surface area contributed by atoms with Crippen molar-refractivity contribution < 1.29 is 0 Å². The van der Waals surface area contributed by atoms with Crippen molar-refractivity contribution >= 4 is 0 Å². The second-order valence-corrected chi connectivity index (χ2v) is 17.0. The van der Waals surface area contributed by atoms with Crippen molar-refractivity contribution in [3.63, 3.8) is 0 Å². The summed E-state index contributed by atoms with van der Waals surface area (Å²) in [6.07, 6.45) is 44.4. The number of hydrogen-bond acceptors (Lipinski definition) is 1. The number of unbranched alkanes of at least 4 members (excludes halogenated alkanes) is 13. The van der Waals surface area contributed by atoms with E-state index in [2.05, 4.69) is 109 Å². The Hall–Kier alpha value is -2.34. The molecule has 0 radical (unpaired) electrons. The molecule has 0 bridgehead atoms. The van der Waals surface area contributed by atoms with Gasteiger partial charge < -0.3 is 4.90 Å². The highest BCUT2D eigenvalue weighted by Crippen LogP contribution is 2.29. The molecule has 0 spiro atoms. The second kappa shape index (κ2) is 34.0. The fraction of sp³-hybridized carbons (Fsp3) is 0.679. The Morgan fingerprint density at radius 1 is 0.611 bits per heavy atom. The van der Waals surface area contributed by atoms with Crippen LogP contribution in [-0.4, -0.2) is 19.0 Å². The molecule has 54 heavy (non-hydrogen) atoms. The largest absolute Gasteiger partial charge is 0.305 e. The maximum absolute atomic E-state index is 4.63. The van der Waals surface area contributed by atoms with Crippen LogP contribution < -0.4 is 0 Å². The van der Waals surface area contributed by atoms with Gasteiger partial charge in [0.25, 0.3) is 0 Å². The molecule has 306 valence electrons. The van der Waals surface area contributed by atoms with Crippen LogP contribution in [0.2, 0.25) is 0 Å². The van der Waals surface area contributed by atoms with E-state index in [0.717, 1.165) is 38.1 Å². The molecular weight excluding hydrogens is 651 g/mol. The van der Waals surface area contributed by atoms with Crippen molar-refractivity contribution in [1.29, 1.82) is 0 Å². The Kier molecular flexibility index (Phi) is 31.2. The van der Waals surface area contributed by atoms with Gasteiger partial charge in [0.05, 0.1) is 0 Å². The molecule has 0 saturated heterocycles. The van der Waals surface area contributed by atoms with Crippen LogP contribution in [0.4, 0.5) is 0 Å². The van der Waals surface area contributed by atoms with Crippen LogP contribution in [0.1, 0.15) is 210 Å². The summed E-state index contributed by atoms with van der Waals surface area (Å²) in [5, 5.41) is 0. The minimum atomic E-state index is 0.722. The third kappa shape index (κ3) is 26.5. The number of nitrogens with zero attached hydrogens (tertiary/aromatic N) is 1. The van der Waals surface area contributed by atoms with E-state index < -0.39 is 0 Å². The topological polar surface area (TPSA) is 3.24 Å². The molecule has 1 heteroatoms. The normalized spacial score (nSPS) is 12.3. The number of rotatable bonds is 36. The molecule has 0 aromatic heterocycles. The van der Waals surface area contributed by atoms with Gasteiger partial charge in [-0.3, -0.25) is 0 Å². The van der Waals surface area contributed by atoms with Crippen molar-refractivity contribution in [2.45, 2.75) is 214 Å². The number of aryl methyl sites for hydroxylation is 2. The minimum Gasteiger partial charge on any atom is -0.305 e. The summed E-state index contributed by atoms with van der Waals surface area (Å²) in [5.41, 5.74) is 13.8. The first-order valence-corrected chi connectivity index (χ1v) is 23.0. The molecule has 0 fully saturated rings. The van der Waals surface area contributed by atoms with Crippen LogP contribution in [0.5, 0.6) is 0 Å². The van der Waals surface area contributed by atoms with Gasteiger partial charge >= 0.3 is 0 Å². The first-order chi connectivity index (χ1) is 26.2. The highest BCUT2D eigenvalue weighted by Gasteiger charge is 2.14. The Bertz CT molecular complexity index is 1220. The molecule has 0 amide bonds. The van der Waals surface area contributed by atoms with Gasteiger partial charge in [0.15, 0.2) is 0 Å². The molecule has 1 atom stereocenters. The SMILES string of the molecule is C=C=C(CCCCC)CCC(CCC(=C)CCCCC)CCC(=C)CCc1cc(CN(C)C)cc(CCCCCCCC/C=C/C=C/CCCCC)c1C. The van der Waals surface area contributed by atoms with Crippen LogP contribution >= 0.6 is 0 Å². The lowest BCUT2D eigenvalue weighted by Crippen LogP contribution is -2.12. The quantitative estimate of drug-likeness (QED) is 0.0287. The minimum absolute atomic E-state index is 0.722. The third-order valence-electron chi connectivity index (χ3n) is 11.5. The molecule has 1 aromatic rings. The van der Waals surface area contributed by atoms with Crippen molar-refractivity contribution in [2.24, 2.45) is 5.92 Å². The van der Waals surface area contributed by atoms with Crippen molar-refractivity contribution in [2.75, 3.05) is 14.1 Å². The smallest absolute Gasteiger partial charge is 0.0227 e. The fourth-order valence-electron chi connectivity index (χ4n) is 7.74. The Labute approximate surface area is 338 Å². The molecule has 0 saturated carbocycles. The molecule has 1 nitrogen and oxygen atoms in total. The van der Waals surface area contributed by atoms with Gasteiger partial charge in [0.2, 0.25) is 0 Å². The lowest BCUT2D eigenvalue weighted by Gasteiger charge is -2.20. The molecule has 0 aliphatic carbocycles. The lowest BCUT2D eigenvalue weighted by molar-refractivity contribution is 0.402. The summed E-state index contributed by atoms with van der Waals surface area (Å²) in [5.74, 6) is 0.722. The van der Waals surface area contributed by atoms with E-state index in [9.17, 15) is 0 Å². The van der Waals surface area contributed by atoms with Gasteiger partial charge in [0, 0.05) is 6.54 Å². The summed E-state index contributed by atoms with van der Waals surface area (Å²) < 4.78 is 0. The summed E-state index contributed by atoms with van der Waals surface area (Å²) >= 11 is 0. The predicted molar refractivity (Wildman–Crippen MR) is 246 cm³/mol. The van der Waals surface area contributed by atoms with Crippen molar-refractivity contribution in [1.82, 2.24) is 4.90 Å². The summed E-state index contributed by atoms with van der Waals surface area (Å²) in [7, 11) is 4.39. The van der Waals surface area contributed by atoms with Crippen LogP contribution in [-0.2, 0) is 19.4 Å². The van der Waals surface area contributed by atoms with E-state index in [4.69, 9.17) is 0 Å². The molecule has 0 heterocycles. The second-order valence-electron chi connectivity index (χ2n) is 17.0. The monoisotopic (exact) mass is 740 g/mol. The number of allylic oxidation sites excluding steroid dienone is 7. The van der Waals surface area contributed by atoms with E-state index >= 15 is 0 Å². The van der Waals surface area contributed by atoms with E-state index in [-0.39, 0.29) is 0 Å². The lowest BCUT2D eigenvalue weighted by atomic mass is 9.86. The molecule has 0 aliphatic heterocycles. The van der Waals surface area contributed by atoms with E-state index in [1.807, 2.05) is 0 Å². The van der Waals surface area contributed by atoms with Crippen molar-refractivity contribution in [3.05, 3.63) is 101 Å². The maximum atomic E-state index is 4.63. The van der Waals surface area contributed by atoms with Gasteiger partial charge in [-0.1, -0.05) is 152 Å². The van der Waals surface area contributed by atoms with Gasteiger partial charge in [-0.2, -0.15) is 0 Å². The van der Waals surface area contributed by atoms with Gasteiger partial charge in [0.1, 0.15) is 0 Å². The molecule has 0 aliphatic rings. The molecular formula is C53H89N. The number of hydrogen-bond donors (Lipinski definition) is 0. The molecule has 1 unspecified atom stereocenters. The van der Waals surface area contributed by atoms with E-state index in [1.165, 1.54) is 182 Å². The van der Waals surface area contributed by atoms with Crippen LogP contribution in [0.25, 0.3) is 0 Å². The summed E-state index contributed by atoms with van der Waals surface area (Å²) in [6, 6.07) is 5.00. The Morgan fingerprint density at radius 2 is 1.11 bits per heavy atom. The average Bonchev–Trinajstić information content (AvgIpc) is 3.15. The zero-order chi connectivity index (χ0) is 39.7. The first-order valence-electron chi connectivity index (χ1n) is 23.0. The van der Waals surface area contributed by atoms with E-state index in [0.29, 0.717) is 0 Å². The Balaban J connectivity index is 2.66. The van der Waals surface area contributed by atoms with Crippen LogP contribution in [0.15, 0.2) is 78.6 Å². The molecule has 0 N–H and O–H groups in total. The zero-order valence-corrected chi connectivity index (χ0v) is 37.1. The molecule has 1 rings (SSSR count). The van der Waals surface area contributed by atoms with Gasteiger partial charge in [-0.05, 0) is 170 Å². The summed E-state index contributed by atoms with van der Waals surface area (Å²) in [6.45, 7) is 23.4. The average molecular weight is 740 g/mol. The van der Waals surface area contributed by atoms with E-state index in [1.54, 1.807) is 11.1 Å². The fourth-order valence-corrected chi connectivity index (χ4v) is 7.74. The predicted octanol–water partition coefficient (Wildman–Crippen LogP) is 16.9. The van der Waals surface area contributed by atoms with Crippen LogP contribution in [0, 0.1) is 12.8 Å². The zero-order valence-electron chi connectivity index (χ0n) is 37.1. The number of benzene rings is 1. The molecule has 1 aromatic carbocycles. The Morgan fingerprint density at radius 3 is 1.70 bits per heavy atom. The van der Waals surface area contributed by atoms with Crippen molar-refractivity contribution in [3.8, 4) is 0 Å². The maximum Gasteiger partial charge on any atom is 0.0227 e. The first kappa shape index (κ1) is 49.7. The highest BCUT2D eigenvalue weighted by atomic mass is 15.0. The van der Waals surface area contributed by atoms with Gasteiger partial charge in [-0.25, -0.2) is 0 Å². The highest BCUT2D eigenvalue weighted by molar-refractivity contribution is 5.39. The third-order valence-corrected chi connectivity index (χ3v) is 11.5. The standard InChI is InChI=1S/C53H89N/c1-10-14-17-18-19-20-21-22-23-24-25-26-27-28-31-34-52-43-51(45-54(8)9)44-53(48(52)7)42-37-47(6)36-39-50(38-35-46(5)32-29-15-11-2)41-40-49(13-4)33-30-16-12-3/h19-22,43-44,50H,4-6,10-12,14-18,23-42,45H2,1-3,7-9H3/b20-19+,22-21+.